The van der Waals surface area contributed by atoms with Crippen LogP contribution in [0.4, 0.5) is 0 Å². The molecule has 134 valence electrons. The molecule has 24 heavy (non-hydrogen) atoms. The van der Waals surface area contributed by atoms with Crippen molar-refractivity contribution in [2.75, 3.05) is 6.54 Å². The number of nitrogens with zero attached hydrogens (tertiary/aromatic N) is 1. The van der Waals surface area contributed by atoms with Crippen LogP contribution in [0.25, 0.3) is 11.1 Å². The Morgan fingerprint density at radius 2 is 1.67 bits per heavy atom. The Bertz CT molecular complexity index is 594. The molecule has 0 aliphatic carbocycles. The van der Waals surface area contributed by atoms with Gasteiger partial charge in [0.05, 0.1) is 6.04 Å². The third kappa shape index (κ3) is 5.60. The number of oxazole rings is 1. The first-order valence-electron chi connectivity index (χ1n) is 9.60. The minimum atomic E-state index is -0.321. The fraction of sp³-hybridized carbons (Fsp3) is 0.650. The zero-order chi connectivity index (χ0) is 17.2. The van der Waals surface area contributed by atoms with Crippen molar-refractivity contribution >= 4 is 11.1 Å². The average molecular weight is 332 g/mol. The van der Waals surface area contributed by atoms with Crippen molar-refractivity contribution in [1.29, 1.82) is 0 Å². The molecule has 1 heterocycles. The van der Waals surface area contributed by atoms with Crippen molar-refractivity contribution in [3.8, 4) is 0 Å². The Morgan fingerprint density at radius 3 is 2.33 bits per heavy atom. The third-order valence-electron chi connectivity index (χ3n) is 4.64. The molecular weight excluding hydrogens is 298 g/mol. The van der Waals surface area contributed by atoms with Crippen LogP contribution in [0.15, 0.2) is 22.6 Å². The molecule has 1 atom stereocenters. The molecule has 1 aromatic heterocycles. The molecule has 0 saturated heterocycles. The predicted octanol–water partition coefficient (Wildman–Crippen LogP) is 4.86. The van der Waals surface area contributed by atoms with E-state index >= 15 is 0 Å². The van der Waals surface area contributed by atoms with Gasteiger partial charge in [0.2, 0.25) is 5.89 Å². The number of benzene rings is 1. The van der Waals surface area contributed by atoms with E-state index in [4.69, 9.17) is 15.9 Å². The van der Waals surface area contributed by atoms with Crippen LogP contribution in [0.3, 0.4) is 0 Å². The van der Waals surface area contributed by atoms with Gasteiger partial charge >= 0.3 is 0 Å². The predicted molar refractivity (Wildman–Crippen MR) is 101 cm³/mol. The molecule has 4 heteroatoms. The maximum absolute atomic E-state index is 5.93. The second-order valence-electron chi connectivity index (χ2n) is 6.74. The Balaban J connectivity index is 1.75. The minimum Gasteiger partial charge on any atom is -0.439 e. The van der Waals surface area contributed by atoms with Crippen molar-refractivity contribution < 1.29 is 4.42 Å². The van der Waals surface area contributed by atoms with Gasteiger partial charge in [0.1, 0.15) is 5.52 Å². The van der Waals surface area contributed by atoms with Gasteiger partial charge in [0, 0.05) is 6.54 Å². The Hall–Kier alpha value is -1.39. The molecule has 0 fully saturated rings. The first-order valence-corrected chi connectivity index (χ1v) is 9.60. The van der Waals surface area contributed by atoms with Crippen LogP contribution < -0.4 is 11.5 Å². The molecule has 2 aromatic rings. The molecule has 0 bridgehead atoms. The van der Waals surface area contributed by atoms with E-state index in [1.54, 1.807) is 0 Å². The van der Waals surface area contributed by atoms with Crippen LogP contribution in [0.5, 0.6) is 0 Å². The van der Waals surface area contributed by atoms with Gasteiger partial charge in [-0.1, -0.05) is 70.4 Å². The lowest BCUT2D eigenvalue weighted by molar-refractivity contribution is 0.480. The first kappa shape index (κ1) is 18.9. The van der Waals surface area contributed by atoms with Gasteiger partial charge in [-0.05, 0) is 24.5 Å². The van der Waals surface area contributed by atoms with Crippen LogP contribution in [0.2, 0.25) is 0 Å². The number of para-hydroxylation sites is 1. The van der Waals surface area contributed by atoms with E-state index in [0.717, 1.165) is 17.5 Å². The van der Waals surface area contributed by atoms with E-state index in [9.17, 15) is 0 Å². The summed E-state index contributed by atoms with van der Waals surface area (Å²) in [6.07, 6.45) is 13.2. The second kappa shape index (κ2) is 10.5. The summed E-state index contributed by atoms with van der Waals surface area (Å²) in [4.78, 5) is 4.57. The number of fused-ring (bicyclic) bond motifs is 1. The largest absolute Gasteiger partial charge is 0.439 e. The zero-order valence-electron chi connectivity index (χ0n) is 15.1. The molecule has 0 spiro atoms. The van der Waals surface area contributed by atoms with Gasteiger partial charge in [-0.15, -0.1) is 0 Å². The summed E-state index contributed by atoms with van der Waals surface area (Å²) in [5.74, 6) is 0.548. The van der Waals surface area contributed by atoms with Gasteiger partial charge in [-0.2, -0.15) is 0 Å². The average Bonchev–Trinajstić information content (AvgIpc) is 3.04. The van der Waals surface area contributed by atoms with Crippen LogP contribution >= 0.6 is 0 Å². The quantitative estimate of drug-likeness (QED) is 0.544. The van der Waals surface area contributed by atoms with Crippen LogP contribution in [0, 0.1) is 0 Å². The second-order valence-corrected chi connectivity index (χ2v) is 6.74. The minimum absolute atomic E-state index is 0.321. The number of aryl methyl sites for hydroxylation is 1. The highest BCUT2D eigenvalue weighted by Gasteiger charge is 2.14. The maximum atomic E-state index is 5.93. The van der Waals surface area contributed by atoms with Gasteiger partial charge < -0.3 is 15.9 Å². The fourth-order valence-corrected chi connectivity index (χ4v) is 3.11. The summed E-state index contributed by atoms with van der Waals surface area (Å²) in [5.41, 5.74) is 14.6. The van der Waals surface area contributed by atoms with E-state index in [1.807, 2.05) is 12.1 Å². The lowest BCUT2D eigenvalue weighted by atomic mass is 10.0. The molecule has 4 N–H and O–H groups in total. The maximum Gasteiger partial charge on any atom is 0.213 e. The van der Waals surface area contributed by atoms with Crippen molar-refractivity contribution in [3.63, 3.8) is 0 Å². The molecule has 1 aromatic carbocycles. The van der Waals surface area contributed by atoms with E-state index in [1.165, 1.54) is 63.4 Å². The Labute approximate surface area is 146 Å². The van der Waals surface area contributed by atoms with Crippen LogP contribution in [-0.4, -0.2) is 11.5 Å². The van der Waals surface area contributed by atoms with Gasteiger partial charge in [0.15, 0.2) is 5.58 Å². The number of hydrogen-bond donors (Lipinski definition) is 2. The number of nitrogens with two attached hydrogens (primary N) is 2. The number of rotatable bonds is 12. The van der Waals surface area contributed by atoms with Gasteiger partial charge in [-0.3, -0.25) is 0 Å². The van der Waals surface area contributed by atoms with Crippen molar-refractivity contribution in [2.45, 2.75) is 77.2 Å². The summed E-state index contributed by atoms with van der Waals surface area (Å²) >= 11 is 0. The number of aromatic nitrogens is 1. The summed E-state index contributed by atoms with van der Waals surface area (Å²) < 4.78 is 5.74. The van der Waals surface area contributed by atoms with Crippen molar-refractivity contribution in [2.24, 2.45) is 11.5 Å². The molecule has 1 unspecified atom stereocenters. The van der Waals surface area contributed by atoms with Crippen molar-refractivity contribution in [1.82, 2.24) is 4.98 Å². The summed E-state index contributed by atoms with van der Waals surface area (Å²) in [6, 6.07) is 5.81. The molecular formula is C20H33N3O. The van der Waals surface area contributed by atoms with E-state index in [-0.39, 0.29) is 6.04 Å². The molecule has 2 rings (SSSR count). The standard InChI is InChI=1S/C20H33N3O/c1-2-3-4-5-6-7-8-9-10-12-16-13-11-14-18-19(16)23-20(24-18)17(22)15-21/h11,13-14,17H,2-10,12,15,21-22H2,1H3. The zero-order valence-corrected chi connectivity index (χ0v) is 15.1. The number of unbranched alkanes of at least 4 members (excludes halogenated alkanes) is 8. The topological polar surface area (TPSA) is 78.1 Å². The highest BCUT2D eigenvalue weighted by atomic mass is 16.3. The summed E-state index contributed by atoms with van der Waals surface area (Å²) in [6.45, 7) is 2.61. The van der Waals surface area contributed by atoms with Crippen molar-refractivity contribution in [3.05, 3.63) is 29.7 Å². The number of hydrogen-bond acceptors (Lipinski definition) is 4. The highest BCUT2D eigenvalue weighted by Crippen LogP contribution is 2.23. The Morgan fingerprint density at radius 1 is 1.00 bits per heavy atom. The monoisotopic (exact) mass is 331 g/mol. The van der Waals surface area contributed by atoms with Crippen LogP contribution in [0.1, 0.15) is 82.2 Å². The van der Waals surface area contributed by atoms with Crippen LogP contribution in [-0.2, 0) is 6.42 Å². The normalized spacial score (nSPS) is 12.8. The highest BCUT2D eigenvalue weighted by molar-refractivity contribution is 5.76. The lowest BCUT2D eigenvalue weighted by Crippen LogP contribution is -2.20. The molecule has 0 aliphatic rings. The molecule has 0 saturated carbocycles. The summed E-state index contributed by atoms with van der Waals surface area (Å²) in [5, 5.41) is 0. The Kier molecular flexibility index (Phi) is 8.26. The third-order valence-corrected chi connectivity index (χ3v) is 4.64. The van der Waals surface area contributed by atoms with E-state index < -0.39 is 0 Å². The molecule has 0 aliphatic heterocycles. The van der Waals surface area contributed by atoms with Gasteiger partial charge in [0.25, 0.3) is 0 Å². The molecule has 0 amide bonds. The fourth-order valence-electron chi connectivity index (χ4n) is 3.11. The summed E-state index contributed by atoms with van der Waals surface area (Å²) in [7, 11) is 0. The lowest BCUT2D eigenvalue weighted by Gasteiger charge is -2.03. The SMILES string of the molecule is CCCCCCCCCCCc1cccc2oc(C(N)CN)nc12. The first-order chi connectivity index (χ1) is 11.8. The smallest absolute Gasteiger partial charge is 0.213 e. The molecule has 0 radical (unpaired) electrons. The van der Waals surface area contributed by atoms with E-state index in [0.29, 0.717) is 12.4 Å². The van der Waals surface area contributed by atoms with E-state index in [2.05, 4.69) is 18.0 Å². The molecule has 4 nitrogen and oxygen atoms in total. The van der Waals surface area contributed by atoms with Gasteiger partial charge in [-0.25, -0.2) is 4.98 Å².